The van der Waals surface area contributed by atoms with Crippen LogP contribution < -0.4 is 10.6 Å². The molecule has 0 unspecified atom stereocenters. The molecule has 1 aliphatic rings. The number of urea groups is 1. The molecule has 1 saturated heterocycles. The molecule has 8 heteroatoms. The largest absolute Gasteiger partial charge is 0.329 e. The molecule has 2 N–H and O–H groups in total. The van der Waals surface area contributed by atoms with Gasteiger partial charge in [0.25, 0.3) is 5.91 Å². The van der Waals surface area contributed by atoms with Crippen molar-refractivity contribution in [2.75, 3.05) is 11.9 Å². The summed E-state index contributed by atoms with van der Waals surface area (Å²) in [6, 6.07) is 14.7. The van der Waals surface area contributed by atoms with Crippen molar-refractivity contribution < 1.29 is 14.4 Å². The fourth-order valence-corrected chi connectivity index (χ4v) is 4.15. The Bertz CT molecular complexity index is 1160. The predicted molar refractivity (Wildman–Crippen MR) is 125 cm³/mol. The summed E-state index contributed by atoms with van der Waals surface area (Å²) in [5.41, 5.74) is 4.07. The zero-order valence-electron chi connectivity index (χ0n) is 18.1. The van der Waals surface area contributed by atoms with Gasteiger partial charge >= 0.3 is 6.03 Å². The van der Waals surface area contributed by atoms with Crippen molar-refractivity contribution in [3.05, 3.63) is 70.6 Å². The Kier molecular flexibility index (Phi) is 5.80. The maximum Gasteiger partial charge on any atom is 0.324 e. The summed E-state index contributed by atoms with van der Waals surface area (Å²) in [5, 5.41) is 7.71. The zero-order chi connectivity index (χ0) is 22.9. The summed E-state index contributed by atoms with van der Waals surface area (Å²) in [4.78, 5) is 42.4. The van der Waals surface area contributed by atoms with Gasteiger partial charge in [0.1, 0.15) is 0 Å². The van der Waals surface area contributed by atoms with Crippen molar-refractivity contribution >= 4 is 34.3 Å². The van der Waals surface area contributed by atoms with Gasteiger partial charge < -0.3 is 5.32 Å². The predicted octanol–water partition coefficient (Wildman–Crippen LogP) is 4.41. The van der Waals surface area contributed by atoms with Crippen molar-refractivity contribution in [1.82, 2.24) is 15.2 Å². The van der Waals surface area contributed by atoms with Gasteiger partial charge in [0.15, 0.2) is 5.13 Å². The Balaban J connectivity index is 1.49. The molecule has 4 amide bonds. The highest BCUT2D eigenvalue weighted by molar-refractivity contribution is 7.14. The van der Waals surface area contributed by atoms with E-state index in [0.29, 0.717) is 16.3 Å². The molecule has 164 valence electrons. The first-order chi connectivity index (χ1) is 15.2. The molecule has 7 nitrogen and oxygen atoms in total. The third kappa shape index (κ3) is 4.55. The standard InChI is InChI=1S/C24H24N4O3S/c1-24(2,3)17-10-8-15(9-11-17)19-14-32-22(26-19)27-21(30)18-7-5-4-6-16(18)13-28-20(29)12-25-23(28)31/h4-11,14H,12-13H2,1-3H3,(H,25,31)(H,26,27,30). The lowest BCUT2D eigenvalue weighted by molar-refractivity contribution is -0.125. The molecule has 1 aliphatic heterocycles. The Labute approximate surface area is 190 Å². The SMILES string of the molecule is CC(C)(C)c1ccc(-c2csc(NC(=O)c3ccccc3CN3C(=O)CNC3=O)n2)cc1. The molecule has 4 rings (SSSR count). The first-order valence-electron chi connectivity index (χ1n) is 10.3. The van der Waals surface area contributed by atoms with Gasteiger partial charge in [-0.3, -0.25) is 19.8 Å². The van der Waals surface area contributed by atoms with Gasteiger partial charge in [-0.1, -0.05) is 63.2 Å². The molecule has 3 aromatic rings. The molecule has 32 heavy (non-hydrogen) atoms. The third-order valence-electron chi connectivity index (χ3n) is 5.30. The van der Waals surface area contributed by atoms with Gasteiger partial charge in [-0.2, -0.15) is 0 Å². The molecule has 0 atom stereocenters. The van der Waals surface area contributed by atoms with Crippen LogP contribution in [0.2, 0.25) is 0 Å². The molecular formula is C24H24N4O3S. The fourth-order valence-electron chi connectivity index (χ4n) is 3.43. The van der Waals surface area contributed by atoms with E-state index < -0.39 is 6.03 Å². The molecule has 0 aliphatic carbocycles. The Morgan fingerprint density at radius 2 is 1.84 bits per heavy atom. The number of carbonyl (C=O) groups excluding carboxylic acids is 3. The van der Waals surface area contributed by atoms with Crippen LogP contribution in [0.5, 0.6) is 0 Å². The number of aromatic nitrogens is 1. The summed E-state index contributed by atoms with van der Waals surface area (Å²) in [7, 11) is 0. The number of rotatable bonds is 5. The average Bonchev–Trinajstić information content (AvgIpc) is 3.35. The topological polar surface area (TPSA) is 91.4 Å². The first kappa shape index (κ1) is 21.7. The van der Waals surface area contributed by atoms with Crippen LogP contribution in [0.4, 0.5) is 9.93 Å². The van der Waals surface area contributed by atoms with Crippen molar-refractivity contribution in [2.24, 2.45) is 0 Å². The molecule has 0 bridgehead atoms. The summed E-state index contributed by atoms with van der Waals surface area (Å²) in [5.74, 6) is -0.649. The smallest absolute Gasteiger partial charge is 0.324 e. The van der Waals surface area contributed by atoms with Crippen molar-refractivity contribution in [3.8, 4) is 11.3 Å². The number of amides is 4. The molecule has 0 radical (unpaired) electrons. The number of imide groups is 1. The van der Waals surface area contributed by atoms with Crippen LogP contribution in [-0.4, -0.2) is 34.3 Å². The van der Waals surface area contributed by atoms with Crippen LogP contribution in [0, 0.1) is 0 Å². The van der Waals surface area contributed by atoms with E-state index in [-0.39, 0.29) is 30.3 Å². The Hall–Kier alpha value is -3.52. The number of hydrogen-bond acceptors (Lipinski definition) is 5. The van der Waals surface area contributed by atoms with Crippen LogP contribution in [0.15, 0.2) is 53.9 Å². The quantitative estimate of drug-likeness (QED) is 0.566. The molecule has 1 fully saturated rings. The summed E-state index contributed by atoms with van der Waals surface area (Å²) in [6.07, 6.45) is 0. The molecule has 1 aromatic heterocycles. The third-order valence-corrected chi connectivity index (χ3v) is 6.06. The Morgan fingerprint density at radius 1 is 1.12 bits per heavy atom. The molecular weight excluding hydrogens is 424 g/mol. The number of nitrogens with zero attached hydrogens (tertiary/aromatic N) is 2. The van der Waals surface area contributed by atoms with Gasteiger partial charge in [-0.25, -0.2) is 9.78 Å². The van der Waals surface area contributed by atoms with E-state index in [1.807, 2.05) is 17.5 Å². The van der Waals surface area contributed by atoms with Crippen LogP contribution in [0.3, 0.4) is 0 Å². The average molecular weight is 449 g/mol. The molecule has 2 aromatic carbocycles. The molecule has 0 saturated carbocycles. The van der Waals surface area contributed by atoms with Crippen LogP contribution in [0.25, 0.3) is 11.3 Å². The first-order valence-corrected chi connectivity index (χ1v) is 11.1. The lowest BCUT2D eigenvalue weighted by Gasteiger charge is -2.18. The zero-order valence-corrected chi connectivity index (χ0v) is 19.0. The number of benzene rings is 2. The van der Waals surface area contributed by atoms with Crippen molar-refractivity contribution in [3.63, 3.8) is 0 Å². The minimum atomic E-state index is -0.452. The van der Waals surface area contributed by atoms with Gasteiger partial charge in [-0.15, -0.1) is 11.3 Å². The van der Waals surface area contributed by atoms with Crippen LogP contribution in [-0.2, 0) is 16.8 Å². The van der Waals surface area contributed by atoms with Gasteiger partial charge in [0.2, 0.25) is 5.91 Å². The minimum Gasteiger partial charge on any atom is -0.329 e. The normalized spacial score (nSPS) is 13.9. The highest BCUT2D eigenvalue weighted by Crippen LogP contribution is 2.28. The number of carbonyl (C=O) groups is 3. The lowest BCUT2D eigenvalue weighted by atomic mass is 9.86. The van der Waals surface area contributed by atoms with E-state index in [1.165, 1.54) is 16.9 Å². The maximum atomic E-state index is 12.9. The van der Waals surface area contributed by atoms with Crippen LogP contribution in [0.1, 0.15) is 42.3 Å². The summed E-state index contributed by atoms with van der Waals surface area (Å²) >= 11 is 1.34. The van der Waals surface area contributed by atoms with Crippen LogP contribution >= 0.6 is 11.3 Å². The van der Waals surface area contributed by atoms with Crippen molar-refractivity contribution in [1.29, 1.82) is 0 Å². The van der Waals surface area contributed by atoms with Gasteiger partial charge in [-0.05, 0) is 22.6 Å². The van der Waals surface area contributed by atoms with E-state index >= 15 is 0 Å². The van der Waals surface area contributed by atoms with Gasteiger partial charge in [0, 0.05) is 16.5 Å². The summed E-state index contributed by atoms with van der Waals surface area (Å²) in [6.45, 7) is 6.52. The maximum absolute atomic E-state index is 12.9. The minimum absolute atomic E-state index is 0.0220. The summed E-state index contributed by atoms with van der Waals surface area (Å²) < 4.78 is 0. The van der Waals surface area contributed by atoms with E-state index in [9.17, 15) is 14.4 Å². The van der Waals surface area contributed by atoms with E-state index in [4.69, 9.17) is 0 Å². The molecule has 2 heterocycles. The monoisotopic (exact) mass is 448 g/mol. The second-order valence-electron chi connectivity index (χ2n) is 8.62. The number of nitrogens with one attached hydrogen (secondary N) is 2. The second kappa shape index (κ2) is 8.55. The highest BCUT2D eigenvalue weighted by atomic mass is 32.1. The van der Waals surface area contributed by atoms with E-state index in [2.05, 4.69) is 48.5 Å². The number of thiazole rings is 1. The van der Waals surface area contributed by atoms with Crippen molar-refractivity contribution in [2.45, 2.75) is 32.7 Å². The fraction of sp³-hybridized carbons (Fsp3) is 0.250. The highest BCUT2D eigenvalue weighted by Gasteiger charge is 2.29. The van der Waals surface area contributed by atoms with E-state index in [1.54, 1.807) is 24.3 Å². The number of hydrogen-bond donors (Lipinski definition) is 2. The van der Waals surface area contributed by atoms with Gasteiger partial charge in [0.05, 0.1) is 18.8 Å². The molecule has 0 spiro atoms. The Morgan fingerprint density at radius 3 is 2.50 bits per heavy atom. The van der Waals surface area contributed by atoms with E-state index in [0.717, 1.165) is 16.2 Å². The number of anilines is 1. The second-order valence-corrected chi connectivity index (χ2v) is 9.47. The lowest BCUT2D eigenvalue weighted by Crippen LogP contribution is -2.31.